The normalized spacial score (nSPS) is 9.38. The summed E-state index contributed by atoms with van der Waals surface area (Å²) in [6.45, 7) is 7.67. The molecule has 0 amide bonds. The van der Waals surface area contributed by atoms with E-state index in [0.29, 0.717) is 10.8 Å². The summed E-state index contributed by atoms with van der Waals surface area (Å²) in [6, 6.07) is 0. The minimum atomic E-state index is -0.612. The molecule has 118 valence electrons. The Morgan fingerprint density at radius 2 is 1.81 bits per heavy atom. The molecule has 0 aromatic carbocycles. The summed E-state index contributed by atoms with van der Waals surface area (Å²) < 4.78 is 11.4. The molecule has 1 rings (SSSR count). The van der Waals surface area contributed by atoms with Gasteiger partial charge in [-0.1, -0.05) is 13.8 Å². The van der Waals surface area contributed by atoms with E-state index in [1.807, 2.05) is 13.8 Å². The van der Waals surface area contributed by atoms with Crippen LogP contribution in [0.2, 0.25) is 0 Å². The molecule has 0 unspecified atom stereocenters. The summed E-state index contributed by atoms with van der Waals surface area (Å²) in [5.74, 6) is -1.09. The Morgan fingerprint density at radius 1 is 1.24 bits per heavy atom. The van der Waals surface area contributed by atoms with E-state index in [-0.39, 0.29) is 31.0 Å². The van der Waals surface area contributed by atoms with Gasteiger partial charge in [-0.15, -0.1) is 0 Å². The van der Waals surface area contributed by atoms with Crippen LogP contribution in [0.25, 0.3) is 0 Å². The van der Waals surface area contributed by atoms with Gasteiger partial charge in [0, 0.05) is 6.20 Å². The van der Waals surface area contributed by atoms with Crippen molar-refractivity contribution in [2.45, 2.75) is 34.2 Å². The zero-order valence-electron chi connectivity index (χ0n) is 12.6. The summed E-state index contributed by atoms with van der Waals surface area (Å²) in [5.41, 5.74) is 0.194. The zero-order valence-corrected chi connectivity index (χ0v) is 14.2. The van der Waals surface area contributed by atoms with Crippen molar-refractivity contribution in [1.82, 2.24) is 4.57 Å². The molecule has 0 spiro atoms. The van der Waals surface area contributed by atoms with E-state index in [4.69, 9.17) is 9.47 Å². The van der Waals surface area contributed by atoms with Gasteiger partial charge in [-0.2, -0.15) is 0 Å². The number of aromatic nitrogens is 1. The molecule has 0 bridgehead atoms. The average molecular weight is 362 g/mol. The number of halogens is 1. The molecule has 6 nitrogen and oxygen atoms in total. The third-order valence-electron chi connectivity index (χ3n) is 2.27. The van der Waals surface area contributed by atoms with E-state index in [1.54, 1.807) is 13.8 Å². The topological polar surface area (TPSA) is 74.6 Å². The van der Waals surface area contributed by atoms with Gasteiger partial charge in [-0.05, 0) is 29.8 Å². The van der Waals surface area contributed by atoms with Gasteiger partial charge >= 0.3 is 11.9 Å². The summed E-state index contributed by atoms with van der Waals surface area (Å²) in [5, 5.41) is 0. The molecule has 0 radical (unpaired) electrons. The minimum absolute atomic E-state index is 0.0818. The van der Waals surface area contributed by atoms with Crippen molar-refractivity contribution in [1.29, 1.82) is 0 Å². The first-order valence-electron chi connectivity index (χ1n) is 6.71. The average Bonchev–Trinajstić information content (AvgIpc) is 2.77. The van der Waals surface area contributed by atoms with Crippen molar-refractivity contribution in [3.8, 4) is 0 Å². The molecule has 7 heteroatoms. The molecule has 1 heterocycles. The predicted octanol–water partition coefficient (Wildman–Crippen LogP) is 2.83. The summed E-state index contributed by atoms with van der Waals surface area (Å²) in [6.07, 6.45) is 1.99. The van der Waals surface area contributed by atoms with Crippen LogP contribution >= 0.6 is 15.9 Å². The Labute approximate surface area is 132 Å². The van der Waals surface area contributed by atoms with Gasteiger partial charge < -0.3 is 14.0 Å². The van der Waals surface area contributed by atoms with Crippen LogP contribution in [0.5, 0.6) is 0 Å². The Balaban J connectivity index is 0.00000191. The van der Waals surface area contributed by atoms with Gasteiger partial charge in [0.1, 0.15) is 12.1 Å². The van der Waals surface area contributed by atoms with Crippen LogP contribution in [-0.2, 0) is 20.8 Å². The van der Waals surface area contributed by atoms with E-state index >= 15 is 0 Å². The minimum Gasteiger partial charge on any atom is -0.465 e. The molecule has 0 saturated heterocycles. The van der Waals surface area contributed by atoms with Gasteiger partial charge in [0.2, 0.25) is 0 Å². The molecule has 0 atom stereocenters. The lowest BCUT2D eigenvalue weighted by Crippen LogP contribution is -2.16. The molecule has 21 heavy (non-hydrogen) atoms. The van der Waals surface area contributed by atoms with Gasteiger partial charge in [0.15, 0.2) is 6.29 Å². The number of nitrogens with zero attached hydrogens (tertiary/aromatic N) is 1. The lowest BCUT2D eigenvalue weighted by Gasteiger charge is -2.06. The Kier molecular flexibility index (Phi) is 9.36. The number of hydrogen-bond donors (Lipinski definition) is 0. The Hall–Kier alpha value is -1.63. The van der Waals surface area contributed by atoms with Crippen LogP contribution in [0.3, 0.4) is 0 Å². The van der Waals surface area contributed by atoms with Crippen molar-refractivity contribution in [2.24, 2.45) is 0 Å². The van der Waals surface area contributed by atoms with Crippen LogP contribution in [0, 0.1) is 0 Å². The van der Waals surface area contributed by atoms with Crippen molar-refractivity contribution in [3.05, 3.63) is 21.9 Å². The zero-order chi connectivity index (χ0) is 16.4. The molecule has 0 saturated carbocycles. The van der Waals surface area contributed by atoms with Gasteiger partial charge in [-0.3, -0.25) is 9.59 Å². The summed E-state index contributed by atoms with van der Waals surface area (Å²) in [7, 11) is 0. The lowest BCUT2D eigenvalue weighted by molar-refractivity contribution is -0.143. The van der Waals surface area contributed by atoms with Gasteiger partial charge in [0.05, 0.1) is 23.4 Å². The second-order valence-electron chi connectivity index (χ2n) is 3.51. The molecule has 0 aliphatic carbocycles. The number of aldehydes is 1. The van der Waals surface area contributed by atoms with Crippen LogP contribution in [0.1, 0.15) is 48.5 Å². The van der Waals surface area contributed by atoms with Crippen LogP contribution in [-0.4, -0.2) is 36.0 Å². The second kappa shape index (κ2) is 10.1. The number of carbonyl (C=O) groups excluding carboxylic acids is 3. The maximum absolute atomic E-state index is 11.7. The number of hydrogen-bond acceptors (Lipinski definition) is 5. The highest BCUT2D eigenvalue weighted by Crippen LogP contribution is 2.23. The highest BCUT2D eigenvalue weighted by molar-refractivity contribution is 9.10. The third kappa shape index (κ3) is 5.34. The highest BCUT2D eigenvalue weighted by atomic mass is 79.9. The molecular weight excluding hydrogens is 342 g/mol. The van der Waals surface area contributed by atoms with Crippen molar-refractivity contribution in [3.63, 3.8) is 0 Å². The van der Waals surface area contributed by atoms with Crippen molar-refractivity contribution in [2.75, 3.05) is 13.2 Å². The maximum atomic E-state index is 11.7. The Morgan fingerprint density at radius 3 is 2.29 bits per heavy atom. The first-order chi connectivity index (χ1) is 10.0. The number of rotatable bonds is 6. The Bertz CT molecular complexity index is 496. The summed E-state index contributed by atoms with van der Waals surface area (Å²) >= 11 is 3.18. The van der Waals surface area contributed by atoms with E-state index in [1.165, 1.54) is 10.8 Å². The monoisotopic (exact) mass is 361 g/mol. The second-order valence-corrected chi connectivity index (χ2v) is 4.36. The van der Waals surface area contributed by atoms with Crippen LogP contribution in [0.4, 0.5) is 0 Å². The van der Waals surface area contributed by atoms with Gasteiger partial charge in [-0.25, -0.2) is 4.79 Å². The first-order valence-corrected chi connectivity index (χ1v) is 7.50. The highest BCUT2D eigenvalue weighted by Gasteiger charge is 2.22. The quantitative estimate of drug-likeness (QED) is 0.575. The van der Waals surface area contributed by atoms with Crippen molar-refractivity contribution < 1.29 is 23.9 Å². The number of esters is 2. The van der Waals surface area contributed by atoms with Gasteiger partial charge in [0.25, 0.3) is 0 Å². The number of carbonyl (C=O) groups is 3. The SMILES string of the molecule is CC.CCOC(=O)Cn1cc(Br)c(C(=O)OCC)c1C=O. The molecule has 0 N–H and O–H groups in total. The molecule has 1 aromatic rings. The fraction of sp³-hybridized carbons (Fsp3) is 0.500. The molecule has 1 aromatic heterocycles. The van der Waals surface area contributed by atoms with Crippen LogP contribution < -0.4 is 0 Å². The van der Waals surface area contributed by atoms with E-state index in [2.05, 4.69) is 15.9 Å². The number of ether oxygens (including phenoxy) is 2. The largest absolute Gasteiger partial charge is 0.465 e. The predicted molar refractivity (Wildman–Crippen MR) is 81.5 cm³/mol. The lowest BCUT2D eigenvalue weighted by atomic mass is 10.2. The molecule has 0 aliphatic heterocycles. The first kappa shape index (κ1) is 19.4. The molecule has 0 aliphatic rings. The van der Waals surface area contributed by atoms with Crippen molar-refractivity contribution >= 4 is 34.2 Å². The van der Waals surface area contributed by atoms with E-state index < -0.39 is 11.9 Å². The van der Waals surface area contributed by atoms with E-state index in [0.717, 1.165) is 0 Å². The maximum Gasteiger partial charge on any atom is 0.341 e. The summed E-state index contributed by atoms with van der Waals surface area (Å²) in [4.78, 5) is 34.2. The van der Waals surface area contributed by atoms with Crippen LogP contribution in [0.15, 0.2) is 10.7 Å². The molecular formula is C14H20BrNO5. The fourth-order valence-corrected chi connectivity index (χ4v) is 2.16. The smallest absolute Gasteiger partial charge is 0.341 e. The standard InChI is InChI=1S/C12H14BrNO5.C2H6/c1-3-18-10(16)6-14-5-8(13)11(9(14)7-15)12(17)19-4-2;1-2/h5,7H,3-4,6H2,1-2H3;1-2H3. The fourth-order valence-electron chi connectivity index (χ4n) is 1.55. The van der Waals surface area contributed by atoms with E-state index in [9.17, 15) is 14.4 Å². The molecule has 0 fully saturated rings. The third-order valence-corrected chi connectivity index (χ3v) is 2.87.